The van der Waals surface area contributed by atoms with Crippen molar-refractivity contribution in [1.29, 1.82) is 0 Å². The van der Waals surface area contributed by atoms with Gasteiger partial charge >= 0.3 is 5.76 Å². The lowest BCUT2D eigenvalue weighted by Crippen LogP contribution is -2.25. The molecule has 0 fully saturated rings. The van der Waals surface area contributed by atoms with E-state index in [-0.39, 0.29) is 11.4 Å². The first kappa shape index (κ1) is 15.5. The van der Waals surface area contributed by atoms with Crippen molar-refractivity contribution in [2.24, 2.45) is 0 Å². The molecule has 0 unspecified atom stereocenters. The molecule has 0 bridgehead atoms. The Kier molecular flexibility index (Phi) is 4.06. The van der Waals surface area contributed by atoms with E-state index in [1.165, 1.54) is 0 Å². The monoisotopic (exact) mass is 332 g/mol. The zero-order valence-corrected chi connectivity index (χ0v) is 13.3. The highest BCUT2D eigenvalue weighted by atomic mass is 32.2. The molecule has 3 rings (SSSR count). The molecule has 0 aliphatic rings. The quantitative estimate of drug-likeness (QED) is 0.747. The molecule has 0 aliphatic heterocycles. The zero-order chi connectivity index (χ0) is 16.4. The first-order valence-electron chi connectivity index (χ1n) is 7.12. The molecule has 0 saturated carbocycles. The highest BCUT2D eigenvalue weighted by Gasteiger charge is 2.12. The van der Waals surface area contributed by atoms with Gasteiger partial charge in [0.05, 0.1) is 10.4 Å². The van der Waals surface area contributed by atoms with Crippen LogP contribution in [0.4, 0.5) is 0 Å². The number of H-pyrrole nitrogens is 1. The van der Waals surface area contributed by atoms with Crippen LogP contribution in [-0.4, -0.2) is 19.9 Å². The molecule has 6 nitrogen and oxygen atoms in total. The van der Waals surface area contributed by atoms with Crippen LogP contribution in [0.1, 0.15) is 11.1 Å². The fourth-order valence-electron chi connectivity index (χ4n) is 2.29. The number of aromatic amines is 1. The summed E-state index contributed by atoms with van der Waals surface area (Å²) in [4.78, 5) is 13.9. The predicted molar refractivity (Wildman–Crippen MR) is 86.9 cm³/mol. The van der Waals surface area contributed by atoms with Crippen molar-refractivity contribution in [1.82, 2.24) is 9.71 Å². The topological polar surface area (TPSA) is 92.2 Å². The largest absolute Gasteiger partial charge is 0.417 e. The van der Waals surface area contributed by atoms with Crippen LogP contribution in [0.3, 0.4) is 0 Å². The second-order valence-electron chi connectivity index (χ2n) is 5.31. The van der Waals surface area contributed by atoms with Crippen LogP contribution in [0.15, 0.2) is 56.6 Å². The molecular weight excluding hydrogens is 316 g/mol. The van der Waals surface area contributed by atoms with Crippen molar-refractivity contribution in [2.75, 3.05) is 6.54 Å². The van der Waals surface area contributed by atoms with Gasteiger partial charge in [-0.25, -0.2) is 17.9 Å². The number of sulfonamides is 1. The van der Waals surface area contributed by atoms with E-state index < -0.39 is 15.8 Å². The summed E-state index contributed by atoms with van der Waals surface area (Å²) in [5, 5.41) is 0. The maximum atomic E-state index is 12.2. The summed E-state index contributed by atoms with van der Waals surface area (Å²) in [5.74, 6) is -0.503. The van der Waals surface area contributed by atoms with Gasteiger partial charge in [0.1, 0.15) is 0 Å². The highest BCUT2D eigenvalue weighted by molar-refractivity contribution is 7.89. The number of oxazole rings is 1. The van der Waals surface area contributed by atoms with Gasteiger partial charge in [-0.1, -0.05) is 23.8 Å². The van der Waals surface area contributed by atoms with Crippen LogP contribution >= 0.6 is 0 Å². The predicted octanol–water partition coefficient (Wildman–Crippen LogP) is 1.95. The van der Waals surface area contributed by atoms with E-state index >= 15 is 0 Å². The summed E-state index contributed by atoms with van der Waals surface area (Å²) < 4.78 is 31.9. The Morgan fingerprint density at radius 3 is 2.61 bits per heavy atom. The summed E-state index contributed by atoms with van der Waals surface area (Å²) >= 11 is 0. The highest BCUT2D eigenvalue weighted by Crippen LogP contribution is 2.13. The molecule has 23 heavy (non-hydrogen) atoms. The normalized spacial score (nSPS) is 11.9. The molecule has 0 radical (unpaired) electrons. The van der Waals surface area contributed by atoms with Crippen molar-refractivity contribution < 1.29 is 12.8 Å². The second-order valence-corrected chi connectivity index (χ2v) is 7.07. The number of hydrogen-bond donors (Lipinski definition) is 2. The van der Waals surface area contributed by atoms with Crippen LogP contribution in [0.5, 0.6) is 0 Å². The minimum atomic E-state index is -3.51. The van der Waals surface area contributed by atoms with Crippen LogP contribution in [-0.2, 0) is 16.4 Å². The molecule has 1 aromatic heterocycles. The fraction of sp³-hybridized carbons (Fsp3) is 0.188. The van der Waals surface area contributed by atoms with E-state index in [0.717, 1.165) is 11.1 Å². The van der Waals surface area contributed by atoms with E-state index in [0.29, 0.717) is 17.5 Å². The Bertz CT molecular complexity index is 985. The minimum Gasteiger partial charge on any atom is -0.408 e. The number of rotatable bonds is 5. The molecule has 0 saturated heterocycles. The summed E-state index contributed by atoms with van der Waals surface area (Å²) in [7, 11) is -3.51. The van der Waals surface area contributed by atoms with Gasteiger partial charge in [0.15, 0.2) is 5.58 Å². The van der Waals surface area contributed by atoms with E-state index in [1.807, 2.05) is 6.92 Å². The SMILES string of the molecule is Cc1ccc(S(=O)(=O)NCCc2ccc3oc(=O)[nH]c3c2)cc1. The standard InChI is InChI=1S/C16H16N2O4S/c1-11-2-5-13(6-3-11)23(20,21)17-9-8-12-4-7-15-14(10-12)18-16(19)22-15/h2-7,10,17H,8-9H2,1H3,(H,18,19). The van der Waals surface area contributed by atoms with Gasteiger partial charge in [-0.3, -0.25) is 4.98 Å². The number of aryl methyl sites for hydroxylation is 1. The van der Waals surface area contributed by atoms with Crippen molar-refractivity contribution in [3.8, 4) is 0 Å². The van der Waals surface area contributed by atoms with Gasteiger partial charge in [-0.2, -0.15) is 0 Å². The first-order valence-corrected chi connectivity index (χ1v) is 8.60. The van der Waals surface area contributed by atoms with Crippen molar-refractivity contribution in [3.05, 3.63) is 64.1 Å². The third-order valence-electron chi connectivity index (χ3n) is 3.52. The molecule has 2 N–H and O–H groups in total. The third-order valence-corrected chi connectivity index (χ3v) is 5.00. The van der Waals surface area contributed by atoms with E-state index in [4.69, 9.17) is 4.42 Å². The van der Waals surface area contributed by atoms with Gasteiger partial charge in [-0.15, -0.1) is 0 Å². The Hall–Kier alpha value is -2.38. The van der Waals surface area contributed by atoms with Crippen LogP contribution in [0.2, 0.25) is 0 Å². The van der Waals surface area contributed by atoms with Crippen LogP contribution in [0, 0.1) is 6.92 Å². The summed E-state index contributed by atoms with van der Waals surface area (Å²) in [6.07, 6.45) is 0.508. The molecule has 120 valence electrons. The Morgan fingerprint density at radius 2 is 1.87 bits per heavy atom. The maximum Gasteiger partial charge on any atom is 0.417 e. The molecule has 0 spiro atoms. The molecular formula is C16H16N2O4S. The van der Waals surface area contributed by atoms with Gasteiger partial charge < -0.3 is 4.42 Å². The average molecular weight is 332 g/mol. The molecule has 0 atom stereocenters. The Morgan fingerprint density at radius 1 is 1.13 bits per heavy atom. The van der Waals surface area contributed by atoms with E-state index in [1.54, 1.807) is 42.5 Å². The van der Waals surface area contributed by atoms with E-state index in [2.05, 4.69) is 9.71 Å². The minimum absolute atomic E-state index is 0.248. The molecule has 1 heterocycles. The lowest BCUT2D eigenvalue weighted by molar-refractivity contribution is 0.555. The van der Waals surface area contributed by atoms with Crippen LogP contribution in [0.25, 0.3) is 11.1 Å². The summed E-state index contributed by atoms with van der Waals surface area (Å²) in [5.41, 5.74) is 3.00. The van der Waals surface area contributed by atoms with Crippen molar-refractivity contribution in [2.45, 2.75) is 18.2 Å². The molecule has 2 aromatic carbocycles. The number of aromatic nitrogens is 1. The Balaban J connectivity index is 1.67. The third kappa shape index (κ3) is 3.52. The Labute approximate surface area is 133 Å². The molecule has 0 amide bonds. The lowest BCUT2D eigenvalue weighted by atomic mass is 10.1. The second kappa shape index (κ2) is 6.02. The molecule has 0 aliphatic carbocycles. The van der Waals surface area contributed by atoms with Crippen LogP contribution < -0.4 is 10.5 Å². The molecule has 3 aromatic rings. The number of fused-ring (bicyclic) bond motifs is 1. The first-order chi connectivity index (χ1) is 10.9. The lowest BCUT2D eigenvalue weighted by Gasteiger charge is -2.07. The van der Waals surface area contributed by atoms with E-state index in [9.17, 15) is 13.2 Å². The smallest absolute Gasteiger partial charge is 0.408 e. The van der Waals surface area contributed by atoms with Gasteiger partial charge in [0, 0.05) is 6.54 Å². The van der Waals surface area contributed by atoms with Gasteiger partial charge in [0.2, 0.25) is 10.0 Å². The van der Waals surface area contributed by atoms with Gasteiger partial charge in [0.25, 0.3) is 0 Å². The number of benzene rings is 2. The fourth-order valence-corrected chi connectivity index (χ4v) is 3.32. The number of hydrogen-bond acceptors (Lipinski definition) is 4. The summed E-state index contributed by atoms with van der Waals surface area (Å²) in [6.45, 7) is 2.17. The van der Waals surface area contributed by atoms with Crippen molar-refractivity contribution >= 4 is 21.1 Å². The number of nitrogens with one attached hydrogen (secondary N) is 2. The molecule has 7 heteroatoms. The van der Waals surface area contributed by atoms with Crippen molar-refractivity contribution in [3.63, 3.8) is 0 Å². The summed E-state index contributed by atoms with van der Waals surface area (Å²) in [6, 6.07) is 12.0. The zero-order valence-electron chi connectivity index (χ0n) is 12.5. The maximum absolute atomic E-state index is 12.2. The van der Waals surface area contributed by atoms with Gasteiger partial charge in [-0.05, 0) is 43.2 Å². The average Bonchev–Trinajstić information content (AvgIpc) is 2.87.